The summed E-state index contributed by atoms with van der Waals surface area (Å²) in [5.74, 6) is 1.95. The van der Waals surface area contributed by atoms with Gasteiger partial charge in [-0.1, -0.05) is 38.2 Å². The molecule has 0 unspecified atom stereocenters. The predicted octanol–water partition coefficient (Wildman–Crippen LogP) is 4.30. The second-order valence-electron chi connectivity index (χ2n) is 10.7. The molecule has 4 aliphatic rings. The number of hydrogen-bond donors (Lipinski definition) is 3. The lowest BCUT2D eigenvalue weighted by molar-refractivity contribution is 0.0759. The molecule has 4 rings (SSSR count). The van der Waals surface area contributed by atoms with Gasteiger partial charge in [-0.05, 0) is 85.7 Å². The van der Waals surface area contributed by atoms with Gasteiger partial charge >= 0.3 is 0 Å². The van der Waals surface area contributed by atoms with Crippen molar-refractivity contribution in [2.45, 2.75) is 96.1 Å². The Labute approximate surface area is 181 Å². The summed E-state index contributed by atoms with van der Waals surface area (Å²) in [5, 5.41) is 30.3. The molecule has 0 aromatic carbocycles. The van der Waals surface area contributed by atoms with Gasteiger partial charge in [0.25, 0.3) is 0 Å². The zero-order chi connectivity index (χ0) is 21.5. The fourth-order valence-electron chi connectivity index (χ4n) is 6.78. The van der Waals surface area contributed by atoms with Crippen LogP contribution in [0.15, 0.2) is 35.5 Å². The molecule has 30 heavy (non-hydrogen) atoms. The first-order valence-electron chi connectivity index (χ1n) is 12.0. The largest absolute Gasteiger partial charge is 0.393 e. The maximum absolute atomic E-state index is 10.2. The highest BCUT2D eigenvalue weighted by atomic mass is 16.6. The summed E-state index contributed by atoms with van der Waals surface area (Å²) in [7, 11) is 0. The molecule has 3 N–H and O–H groups in total. The van der Waals surface area contributed by atoms with Crippen molar-refractivity contribution in [3.8, 4) is 0 Å². The van der Waals surface area contributed by atoms with Crippen molar-refractivity contribution in [1.29, 1.82) is 0 Å². The van der Waals surface area contributed by atoms with Crippen molar-refractivity contribution in [2.24, 2.45) is 23.2 Å². The van der Waals surface area contributed by atoms with Crippen LogP contribution >= 0.6 is 0 Å². The smallest absolute Gasteiger partial charge is 0.107 e. The number of hydrogen-bond acceptors (Lipinski definition) is 4. The minimum absolute atomic E-state index is 0.0907. The molecule has 1 saturated heterocycles. The van der Waals surface area contributed by atoms with E-state index in [1.54, 1.807) is 5.57 Å². The van der Waals surface area contributed by atoms with E-state index in [0.29, 0.717) is 36.0 Å². The first-order valence-corrected chi connectivity index (χ1v) is 12.0. The molecule has 1 heterocycles. The highest BCUT2D eigenvalue weighted by Crippen LogP contribution is 2.60. The van der Waals surface area contributed by atoms with E-state index in [1.807, 2.05) is 0 Å². The van der Waals surface area contributed by atoms with Gasteiger partial charge in [-0.15, -0.1) is 0 Å². The van der Waals surface area contributed by atoms with Crippen molar-refractivity contribution in [1.82, 2.24) is 0 Å². The minimum atomic E-state index is -0.622. The van der Waals surface area contributed by atoms with E-state index in [0.717, 1.165) is 37.0 Å². The van der Waals surface area contributed by atoms with Crippen LogP contribution in [0.3, 0.4) is 0 Å². The van der Waals surface area contributed by atoms with E-state index in [4.69, 9.17) is 4.74 Å². The van der Waals surface area contributed by atoms with E-state index < -0.39 is 12.2 Å². The summed E-state index contributed by atoms with van der Waals surface area (Å²) in [5.41, 5.74) is 3.65. The van der Waals surface area contributed by atoms with Gasteiger partial charge in [-0.2, -0.15) is 0 Å². The molecular formula is C26H40O4. The third-order valence-corrected chi connectivity index (χ3v) is 8.70. The van der Waals surface area contributed by atoms with Crippen molar-refractivity contribution in [3.63, 3.8) is 0 Å². The Balaban J connectivity index is 1.44. The average molecular weight is 417 g/mol. The topological polar surface area (TPSA) is 73.2 Å². The van der Waals surface area contributed by atoms with Crippen LogP contribution in [-0.2, 0) is 4.74 Å². The van der Waals surface area contributed by atoms with Gasteiger partial charge in [0.1, 0.15) is 6.10 Å². The maximum Gasteiger partial charge on any atom is 0.107 e. The van der Waals surface area contributed by atoms with Crippen LogP contribution in [0.5, 0.6) is 0 Å². The number of epoxide rings is 1. The fourth-order valence-corrected chi connectivity index (χ4v) is 6.78. The van der Waals surface area contributed by atoms with Crippen LogP contribution in [0.25, 0.3) is 0 Å². The van der Waals surface area contributed by atoms with Crippen LogP contribution in [0, 0.1) is 23.2 Å². The van der Waals surface area contributed by atoms with E-state index >= 15 is 0 Å². The van der Waals surface area contributed by atoms with Gasteiger partial charge in [0.05, 0.1) is 24.9 Å². The van der Waals surface area contributed by atoms with Crippen molar-refractivity contribution >= 4 is 0 Å². The third-order valence-electron chi connectivity index (χ3n) is 8.70. The van der Waals surface area contributed by atoms with E-state index in [1.165, 1.54) is 25.7 Å². The molecule has 4 nitrogen and oxygen atoms in total. The Hall–Kier alpha value is -0.940. The molecule has 0 bridgehead atoms. The van der Waals surface area contributed by atoms with Crippen molar-refractivity contribution < 1.29 is 20.1 Å². The van der Waals surface area contributed by atoms with Crippen molar-refractivity contribution in [2.75, 3.05) is 6.61 Å². The summed E-state index contributed by atoms with van der Waals surface area (Å²) in [6.07, 6.45) is 12.2. The van der Waals surface area contributed by atoms with Crippen LogP contribution in [0.2, 0.25) is 0 Å². The second-order valence-corrected chi connectivity index (χ2v) is 10.7. The summed E-state index contributed by atoms with van der Waals surface area (Å²) in [6.45, 7) is 9.66. The Morgan fingerprint density at radius 2 is 2.00 bits per heavy atom. The lowest BCUT2D eigenvalue weighted by atomic mass is 9.60. The number of allylic oxidation sites excluding steroid dienone is 3. The molecular weight excluding hydrogens is 376 g/mol. The van der Waals surface area contributed by atoms with Gasteiger partial charge < -0.3 is 20.1 Å². The van der Waals surface area contributed by atoms with Crippen LogP contribution in [-0.4, -0.2) is 46.3 Å². The lowest BCUT2D eigenvalue weighted by Crippen LogP contribution is -2.36. The number of aliphatic hydroxyl groups is 3. The summed E-state index contributed by atoms with van der Waals surface area (Å²) in [6, 6.07) is 0. The SMILES string of the molecule is C=C1/C(=C/C=C2\CCC[C@]3(C)[C@@H]([C@H](C)CC[C@@H](O)[C@@H]4CO4)CC[C@@H]23)C[C@@H](O)C[C@@H]1O. The monoisotopic (exact) mass is 416 g/mol. The second kappa shape index (κ2) is 8.90. The Morgan fingerprint density at radius 1 is 1.23 bits per heavy atom. The molecule has 0 radical (unpaired) electrons. The van der Waals surface area contributed by atoms with Crippen LogP contribution < -0.4 is 0 Å². The Bertz CT molecular complexity index is 706. The Morgan fingerprint density at radius 3 is 2.73 bits per heavy atom. The van der Waals surface area contributed by atoms with Crippen LogP contribution in [0.4, 0.5) is 0 Å². The first-order chi connectivity index (χ1) is 14.3. The van der Waals surface area contributed by atoms with E-state index in [9.17, 15) is 15.3 Å². The summed E-state index contributed by atoms with van der Waals surface area (Å²) >= 11 is 0. The molecule has 4 heteroatoms. The molecule has 0 spiro atoms. The highest BCUT2D eigenvalue weighted by molar-refractivity contribution is 5.38. The molecule has 4 fully saturated rings. The normalized spacial score (nSPS) is 43.6. The summed E-state index contributed by atoms with van der Waals surface area (Å²) < 4.78 is 5.25. The molecule has 3 saturated carbocycles. The molecule has 3 aliphatic carbocycles. The van der Waals surface area contributed by atoms with E-state index in [-0.39, 0.29) is 12.2 Å². The molecule has 168 valence electrons. The number of fused-ring (bicyclic) bond motifs is 1. The van der Waals surface area contributed by atoms with E-state index in [2.05, 4.69) is 32.6 Å². The first kappa shape index (κ1) is 22.3. The maximum atomic E-state index is 10.2. The van der Waals surface area contributed by atoms with Gasteiger partial charge in [-0.3, -0.25) is 0 Å². The molecule has 0 aromatic rings. The quantitative estimate of drug-likeness (QED) is 0.564. The number of ether oxygens (including phenoxy) is 1. The molecule has 8 atom stereocenters. The standard InChI is InChI=1S/C26H40O4/c1-16(6-11-23(28)25-15-30-25)21-9-10-22-18(5-4-12-26(21,22)3)7-8-19-13-20(27)14-24(29)17(19)2/h7-8,16,20-25,27-29H,2,4-6,9-15H2,1,3H3/b18-7+,19-8+/t16-,20-,21-,22+,23-,24+,25+,26-/m1/s1. The van der Waals surface area contributed by atoms with Gasteiger partial charge in [0, 0.05) is 6.42 Å². The predicted molar refractivity (Wildman–Crippen MR) is 119 cm³/mol. The van der Waals surface area contributed by atoms with Crippen LogP contribution in [0.1, 0.15) is 71.6 Å². The summed E-state index contributed by atoms with van der Waals surface area (Å²) in [4.78, 5) is 0. The number of aliphatic hydroxyl groups excluding tert-OH is 3. The zero-order valence-corrected chi connectivity index (χ0v) is 18.7. The lowest BCUT2D eigenvalue weighted by Gasteiger charge is -2.44. The molecule has 0 amide bonds. The average Bonchev–Trinajstić information content (AvgIpc) is 3.49. The Kier molecular flexibility index (Phi) is 6.60. The number of rotatable bonds is 6. The molecule has 0 aromatic heterocycles. The van der Waals surface area contributed by atoms with Gasteiger partial charge in [0.2, 0.25) is 0 Å². The highest BCUT2D eigenvalue weighted by Gasteiger charge is 2.50. The van der Waals surface area contributed by atoms with Gasteiger partial charge in [0.15, 0.2) is 0 Å². The fraction of sp³-hybridized carbons (Fsp3) is 0.769. The molecule has 1 aliphatic heterocycles. The zero-order valence-electron chi connectivity index (χ0n) is 18.7. The minimum Gasteiger partial charge on any atom is -0.393 e. The van der Waals surface area contributed by atoms with Crippen molar-refractivity contribution in [3.05, 3.63) is 35.5 Å². The van der Waals surface area contributed by atoms with Gasteiger partial charge in [-0.25, -0.2) is 0 Å². The third kappa shape index (κ3) is 4.48.